The Morgan fingerprint density at radius 2 is 2.04 bits per heavy atom. The molecular weight excluding hydrogens is 332 g/mol. The van der Waals surface area contributed by atoms with Gasteiger partial charge in [0, 0.05) is 24.5 Å². The molecule has 0 radical (unpaired) electrons. The monoisotopic (exact) mass is 356 g/mol. The van der Waals surface area contributed by atoms with Crippen molar-refractivity contribution in [1.82, 2.24) is 10.3 Å². The molecule has 1 aromatic carbocycles. The van der Waals surface area contributed by atoms with E-state index in [1.54, 1.807) is 12.4 Å². The van der Waals surface area contributed by atoms with E-state index in [0.717, 1.165) is 17.5 Å². The topological polar surface area (TPSA) is 88.5 Å². The first-order valence-electron chi connectivity index (χ1n) is 8.68. The number of carbonyl (C=O) groups is 2. The number of aromatic nitrogens is 1. The molecule has 0 saturated heterocycles. The van der Waals surface area contributed by atoms with Crippen molar-refractivity contribution >= 4 is 11.9 Å². The molecule has 26 heavy (non-hydrogen) atoms. The first-order valence-corrected chi connectivity index (χ1v) is 8.68. The molecule has 0 fully saturated rings. The van der Waals surface area contributed by atoms with Gasteiger partial charge in [0.1, 0.15) is 12.4 Å². The number of amides is 1. The van der Waals surface area contributed by atoms with Crippen LogP contribution in [0.25, 0.3) is 0 Å². The molecule has 0 aliphatic rings. The van der Waals surface area contributed by atoms with Crippen LogP contribution in [0, 0.1) is 5.92 Å². The van der Waals surface area contributed by atoms with Crippen LogP contribution in [0.3, 0.4) is 0 Å². The fraction of sp³-hybridized carbons (Fsp3) is 0.350. The van der Waals surface area contributed by atoms with E-state index in [1.165, 1.54) is 0 Å². The number of aliphatic carboxylic acids is 1. The number of nitrogens with zero attached hydrogens (tertiary/aromatic N) is 1. The quantitative estimate of drug-likeness (QED) is 0.683. The van der Waals surface area contributed by atoms with Crippen LogP contribution in [0.4, 0.5) is 0 Å². The highest BCUT2D eigenvalue weighted by atomic mass is 16.5. The highest BCUT2D eigenvalue weighted by Crippen LogP contribution is 2.15. The summed E-state index contributed by atoms with van der Waals surface area (Å²) < 4.78 is 5.73. The number of hydrogen-bond donors (Lipinski definition) is 2. The molecule has 1 aromatic heterocycles. The second-order valence-electron chi connectivity index (χ2n) is 6.10. The lowest BCUT2D eigenvalue weighted by molar-refractivity contribution is -0.141. The van der Waals surface area contributed by atoms with E-state index in [2.05, 4.69) is 10.3 Å². The zero-order chi connectivity index (χ0) is 18.8. The highest BCUT2D eigenvalue weighted by Gasteiger charge is 2.17. The summed E-state index contributed by atoms with van der Waals surface area (Å²) in [6.45, 7) is 2.48. The van der Waals surface area contributed by atoms with Gasteiger partial charge in [-0.3, -0.25) is 14.6 Å². The molecule has 2 N–H and O–H groups in total. The van der Waals surface area contributed by atoms with Crippen LogP contribution < -0.4 is 10.1 Å². The zero-order valence-electron chi connectivity index (χ0n) is 14.9. The summed E-state index contributed by atoms with van der Waals surface area (Å²) in [5, 5.41) is 11.8. The predicted octanol–water partition coefficient (Wildman–Crippen LogP) is 2.82. The third-order valence-electron chi connectivity index (χ3n) is 3.92. The predicted molar refractivity (Wildman–Crippen MR) is 97.8 cm³/mol. The molecule has 1 atom stereocenters. The Morgan fingerprint density at radius 1 is 1.23 bits per heavy atom. The fourth-order valence-corrected chi connectivity index (χ4v) is 2.54. The normalized spacial score (nSPS) is 11.6. The molecule has 0 aliphatic heterocycles. The number of carboxylic acid groups (broad SMARTS) is 1. The standard InChI is InChI=1S/C20H24N2O4/c1-2-5-17(20(24)25)13-22-19(23)11-15-6-3-8-18(10-15)26-14-16-7-4-9-21-12-16/h3-4,6-10,12,17H,2,5,11,13-14H2,1H3,(H,22,23)(H,24,25). The summed E-state index contributed by atoms with van der Waals surface area (Å²) in [7, 11) is 0. The van der Waals surface area contributed by atoms with Gasteiger partial charge in [0.05, 0.1) is 12.3 Å². The van der Waals surface area contributed by atoms with Crippen molar-refractivity contribution in [2.75, 3.05) is 6.54 Å². The zero-order valence-corrected chi connectivity index (χ0v) is 14.9. The van der Waals surface area contributed by atoms with Gasteiger partial charge < -0.3 is 15.2 Å². The van der Waals surface area contributed by atoms with Crippen LogP contribution in [0.2, 0.25) is 0 Å². The number of carboxylic acids is 1. The van der Waals surface area contributed by atoms with Crippen molar-refractivity contribution in [1.29, 1.82) is 0 Å². The lowest BCUT2D eigenvalue weighted by Crippen LogP contribution is -2.33. The summed E-state index contributed by atoms with van der Waals surface area (Å²) in [5.74, 6) is -0.943. The number of carbonyl (C=O) groups excluding carboxylic acids is 1. The van der Waals surface area contributed by atoms with Gasteiger partial charge in [0.2, 0.25) is 5.91 Å². The van der Waals surface area contributed by atoms with Crippen LogP contribution in [0.5, 0.6) is 5.75 Å². The van der Waals surface area contributed by atoms with E-state index in [0.29, 0.717) is 18.8 Å². The molecule has 6 heteroatoms. The molecule has 0 aliphatic carbocycles. The van der Waals surface area contributed by atoms with E-state index >= 15 is 0 Å². The number of nitrogens with one attached hydrogen (secondary N) is 1. The molecule has 6 nitrogen and oxygen atoms in total. The van der Waals surface area contributed by atoms with Gasteiger partial charge in [0.25, 0.3) is 0 Å². The summed E-state index contributed by atoms with van der Waals surface area (Å²) >= 11 is 0. The molecule has 1 heterocycles. The Balaban J connectivity index is 1.85. The smallest absolute Gasteiger partial charge is 0.308 e. The van der Waals surface area contributed by atoms with E-state index in [1.807, 2.05) is 43.3 Å². The minimum absolute atomic E-state index is 0.152. The number of hydrogen-bond acceptors (Lipinski definition) is 4. The minimum atomic E-state index is -0.877. The minimum Gasteiger partial charge on any atom is -0.489 e. The molecule has 0 saturated carbocycles. The fourth-order valence-electron chi connectivity index (χ4n) is 2.54. The average molecular weight is 356 g/mol. The van der Waals surface area contributed by atoms with Crippen LogP contribution >= 0.6 is 0 Å². The van der Waals surface area contributed by atoms with Gasteiger partial charge in [-0.15, -0.1) is 0 Å². The van der Waals surface area contributed by atoms with Crippen molar-refractivity contribution < 1.29 is 19.4 Å². The van der Waals surface area contributed by atoms with Gasteiger partial charge in [-0.1, -0.05) is 31.5 Å². The third-order valence-corrected chi connectivity index (χ3v) is 3.92. The van der Waals surface area contributed by atoms with Crippen molar-refractivity contribution in [2.24, 2.45) is 5.92 Å². The SMILES string of the molecule is CCCC(CNC(=O)Cc1cccc(OCc2cccnc2)c1)C(=O)O. The average Bonchev–Trinajstić information content (AvgIpc) is 2.64. The Labute approximate surface area is 153 Å². The maximum atomic E-state index is 12.1. The van der Waals surface area contributed by atoms with Gasteiger partial charge >= 0.3 is 5.97 Å². The molecule has 2 rings (SSSR count). The van der Waals surface area contributed by atoms with Gasteiger partial charge in [0.15, 0.2) is 0 Å². The molecule has 0 spiro atoms. The first-order chi connectivity index (χ1) is 12.6. The van der Waals surface area contributed by atoms with E-state index in [4.69, 9.17) is 9.84 Å². The van der Waals surface area contributed by atoms with Gasteiger partial charge in [-0.2, -0.15) is 0 Å². The van der Waals surface area contributed by atoms with Crippen molar-refractivity contribution in [2.45, 2.75) is 32.8 Å². The van der Waals surface area contributed by atoms with E-state index < -0.39 is 11.9 Å². The molecule has 1 amide bonds. The van der Waals surface area contributed by atoms with Crippen molar-refractivity contribution in [3.63, 3.8) is 0 Å². The number of rotatable bonds is 10. The highest BCUT2D eigenvalue weighted by molar-refractivity contribution is 5.79. The van der Waals surface area contributed by atoms with Crippen LogP contribution in [0.1, 0.15) is 30.9 Å². The van der Waals surface area contributed by atoms with E-state index in [-0.39, 0.29) is 18.9 Å². The summed E-state index contributed by atoms with van der Waals surface area (Å²) in [6.07, 6.45) is 4.95. The van der Waals surface area contributed by atoms with Crippen molar-refractivity contribution in [3.05, 3.63) is 59.9 Å². The lowest BCUT2D eigenvalue weighted by atomic mass is 10.0. The molecule has 138 valence electrons. The molecule has 0 bridgehead atoms. The summed E-state index contributed by atoms with van der Waals surface area (Å²) in [5.41, 5.74) is 1.78. The number of pyridine rings is 1. The maximum Gasteiger partial charge on any atom is 0.308 e. The van der Waals surface area contributed by atoms with Gasteiger partial charge in [-0.05, 0) is 30.2 Å². The van der Waals surface area contributed by atoms with Crippen LogP contribution in [-0.2, 0) is 22.6 Å². The maximum absolute atomic E-state index is 12.1. The van der Waals surface area contributed by atoms with Crippen molar-refractivity contribution in [3.8, 4) is 5.75 Å². The van der Waals surface area contributed by atoms with Gasteiger partial charge in [-0.25, -0.2) is 0 Å². The van der Waals surface area contributed by atoms with E-state index in [9.17, 15) is 9.59 Å². The van der Waals surface area contributed by atoms with Crippen LogP contribution in [-0.4, -0.2) is 28.5 Å². The number of benzene rings is 1. The second-order valence-corrected chi connectivity index (χ2v) is 6.10. The Morgan fingerprint density at radius 3 is 2.73 bits per heavy atom. The summed E-state index contributed by atoms with van der Waals surface area (Å²) in [6, 6.07) is 11.1. The Hall–Kier alpha value is -2.89. The largest absolute Gasteiger partial charge is 0.489 e. The summed E-state index contributed by atoms with van der Waals surface area (Å²) in [4.78, 5) is 27.2. The Bertz CT molecular complexity index is 719. The third kappa shape index (κ3) is 6.55. The molecule has 1 unspecified atom stereocenters. The lowest BCUT2D eigenvalue weighted by Gasteiger charge is -2.12. The first kappa shape index (κ1) is 19.4. The van der Waals surface area contributed by atoms with Crippen LogP contribution in [0.15, 0.2) is 48.8 Å². The molecule has 2 aromatic rings. The number of ether oxygens (including phenoxy) is 1. The Kier molecular flexibility index (Phi) is 7.61. The molecular formula is C20H24N2O4. The second kappa shape index (κ2) is 10.2.